The predicted molar refractivity (Wildman–Crippen MR) is 62.0 cm³/mol. The van der Waals surface area contributed by atoms with Crippen molar-refractivity contribution in [3.8, 4) is 5.69 Å². The lowest BCUT2D eigenvalue weighted by Gasteiger charge is -2.09. The lowest BCUT2D eigenvalue weighted by Crippen LogP contribution is -2.06. The van der Waals surface area contributed by atoms with Crippen LogP contribution in [0.15, 0.2) is 24.4 Å². The largest absolute Gasteiger partial charge is 0.416 e. The van der Waals surface area contributed by atoms with Gasteiger partial charge in [0.25, 0.3) is 0 Å². The molecule has 8 heteroatoms. The molecular weight excluding hydrogens is 283 g/mol. The molecule has 0 fully saturated rings. The van der Waals surface area contributed by atoms with E-state index in [1.165, 1.54) is 23.9 Å². The third kappa shape index (κ3) is 2.87. The van der Waals surface area contributed by atoms with Gasteiger partial charge in [0.1, 0.15) is 5.69 Å². The monoisotopic (exact) mass is 291 g/mol. The highest BCUT2D eigenvalue weighted by Gasteiger charge is 2.31. The van der Waals surface area contributed by atoms with Crippen molar-refractivity contribution < 1.29 is 18.3 Å². The van der Waals surface area contributed by atoms with Gasteiger partial charge in [0.15, 0.2) is 0 Å². The van der Waals surface area contributed by atoms with E-state index >= 15 is 0 Å². The normalized spacial score (nSPS) is 13.6. The summed E-state index contributed by atoms with van der Waals surface area (Å²) in [6.07, 6.45) is -3.86. The van der Waals surface area contributed by atoms with Gasteiger partial charge in [0.05, 0.1) is 28.6 Å². The van der Waals surface area contributed by atoms with E-state index in [9.17, 15) is 18.3 Å². The van der Waals surface area contributed by atoms with E-state index in [1.807, 2.05) is 0 Å². The zero-order chi connectivity index (χ0) is 14.2. The molecule has 0 aliphatic heterocycles. The summed E-state index contributed by atoms with van der Waals surface area (Å²) in [6, 6.07) is 2.93. The number of rotatable bonds is 2. The van der Waals surface area contributed by atoms with E-state index in [-0.39, 0.29) is 10.7 Å². The number of halogens is 4. The summed E-state index contributed by atoms with van der Waals surface area (Å²) in [5.41, 5.74) is -0.276. The first-order chi connectivity index (χ1) is 8.79. The Hall–Kier alpha value is -1.60. The van der Waals surface area contributed by atoms with Crippen molar-refractivity contribution >= 4 is 11.6 Å². The van der Waals surface area contributed by atoms with Crippen LogP contribution in [0.25, 0.3) is 5.69 Å². The van der Waals surface area contributed by atoms with Crippen molar-refractivity contribution in [2.75, 3.05) is 0 Å². The Morgan fingerprint density at radius 1 is 1.37 bits per heavy atom. The summed E-state index contributed by atoms with van der Waals surface area (Å²) in [7, 11) is 0. The minimum absolute atomic E-state index is 0.100. The minimum atomic E-state index is -4.45. The molecule has 4 nitrogen and oxygen atoms in total. The fourth-order valence-electron chi connectivity index (χ4n) is 1.45. The SMILES string of the molecule is CC(O)c1cn(-c2ccc(C(F)(F)F)cc2Cl)nn1. The van der Waals surface area contributed by atoms with Gasteiger partial charge in [-0.1, -0.05) is 16.8 Å². The van der Waals surface area contributed by atoms with E-state index in [4.69, 9.17) is 11.6 Å². The maximum atomic E-state index is 12.5. The molecule has 0 radical (unpaired) electrons. The van der Waals surface area contributed by atoms with Crippen LogP contribution in [-0.2, 0) is 6.18 Å². The van der Waals surface area contributed by atoms with E-state index in [1.54, 1.807) is 0 Å². The molecule has 102 valence electrons. The summed E-state index contributed by atoms with van der Waals surface area (Å²) < 4.78 is 38.7. The molecule has 1 aromatic carbocycles. The van der Waals surface area contributed by atoms with Crippen molar-refractivity contribution in [3.63, 3.8) is 0 Å². The Kier molecular flexibility index (Phi) is 3.51. The third-order valence-corrected chi connectivity index (χ3v) is 2.76. The molecule has 0 saturated heterocycles. The Balaban J connectivity index is 2.40. The van der Waals surface area contributed by atoms with Crippen LogP contribution in [0.3, 0.4) is 0 Å². The van der Waals surface area contributed by atoms with Crippen LogP contribution in [0.4, 0.5) is 13.2 Å². The molecule has 0 saturated carbocycles. The average molecular weight is 292 g/mol. The molecule has 0 bridgehead atoms. The molecule has 1 heterocycles. The molecule has 1 unspecified atom stereocenters. The molecule has 1 aromatic heterocycles. The van der Waals surface area contributed by atoms with Gasteiger partial charge in [-0.3, -0.25) is 0 Å². The van der Waals surface area contributed by atoms with Crippen molar-refractivity contribution in [1.82, 2.24) is 15.0 Å². The van der Waals surface area contributed by atoms with Crippen LogP contribution in [0, 0.1) is 0 Å². The molecule has 2 aromatic rings. The molecule has 1 N–H and O–H groups in total. The van der Waals surface area contributed by atoms with Crippen LogP contribution in [0.2, 0.25) is 5.02 Å². The number of aliphatic hydroxyl groups is 1. The summed E-state index contributed by atoms with van der Waals surface area (Å²) in [4.78, 5) is 0. The fourth-order valence-corrected chi connectivity index (χ4v) is 1.72. The second-order valence-corrected chi connectivity index (χ2v) is 4.34. The predicted octanol–water partition coefficient (Wildman–Crippen LogP) is 2.99. The first-order valence-corrected chi connectivity index (χ1v) is 5.64. The van der Waals surface area contributed by atoms with Gasteiger partial charge in [0.2, 0.25) is 0 Å². The second-order valence-electron chi connectivity index (χ2n) is 3.93. The Bertz CT molecular complexity index is 595. The first kappa shape index (κ1) is 13.8. The quantitative estimate of drug-likeness (QED) is 0.925. The highest BCUT2D eigenvalue weighted by atomic mass is 35.5. The maximum absolute atomic E-state index is 12.5. The number of aliphatic hydroxyl groups excluding tert-OH is 1. The second kappa shape index (κ2) is 4.82. The molecular formula is C11H9ClF3N3O. The number of benzene rings is 1. The van der Waals surface area contributed by atoms with Crippen molar-refractivity contribution in [1.29, 1.82) is 0 Å². The van der Waals surface area contributed by atoms with Gasteiger partial charge in [-0.25, -0.2) is 4.68 Å². The molecule has 1 atom stereocenters. The van der Waals surface area contributed by atoms with Crippen LogP contribution < -0.4 is 0 Å². The maximum Gasteiger partial charge on any atom is 0.416 e. The summed E-state index contributed by atoms with van der Waals surface area (Å²) in [6.45, 7) is 1.50. The number of aromatic nitrogens is 3. The van der Waals surface area contributed by atoms with Crippen LogP contribution in [0.1, 0.15) is 24.3 Å². The van der Waals surface area contributed by atoms with Gasteiger partial charge >= 0.3 is 6.18 Å². The van der Waals surface area contributed by atoms with Crippen molar-refractivity contribution in [3.05, 3.63) is 40.7 Å². The lowest BCUT2D eigenvalue weighted by molar-refractivity contribution is -0.137. The Labute approximate surface area is 111 Å². The fraction of sp³-hybridized carbons (Fsp3) is 0.273. The molecule has 0 amide bonds. The standard InChI is InChI=1S/C11H9ClF3N3O/c1-6(19)9-5-18(17-16-9)10-3-2-7(4-8(10)12)11(13,14)15/h2-6,19H,1H3. The van der Waals surface area contributed by atoms with Crippen LogP contribution >= 0.6 is 11.6 Å². The third-order valence-electron chi connectivity index (χ3n) is 2.46. The van der Waals surface area contributed by atoms with Crippen molar-refractivity contribution in [2.45, 2.75) is 19.2 Å². The Morgan fingerprint density at radius 3 is 2.53 bits per heavy atom. The highest BCUT2D eigenvalue weighted by Crippen LogP contribution is 2.33. The topological polar surface area (TPSA) is 50.9 Å². The van der Waals surface area contributed by atoms with Gasteiger partial charge < -0.3 is 5.11 Å². The van der Waals surface area contributed by atoms with E-state index in [0.717, 1.165) is 12.1 Å². The zero-order valence-electron chi connectivity index (χ0n) is 9.69. The van der Waals surface area contributed by atoms with Gasteiger partial charge in [-0.15, -0.1) is 5.10 Å². The van der Waals surface area contributed by atoms with Crippen LogP contribution in [-0.4, -0.2) is 20.1 Å². The van der Waals surface area contributed by atoms with E-state index < -0.39 is 17.8 Å². The average Bonchev–Trinajstić information content (AvgIpc) is 2.76. The van der Waals surface area contributed by atoms with Crippen molar-refractivity contribution in [2.24, 2.45) is 0 Å². The molecule has 2 rings (SSSR count). The number of hydrogen-bond donors (Lipinski definition) is 1. The first-order valence-electron chi connectivity index (χ1n) is 5.26. The summed E-state index contributed by atoms with van der Waals surface area (Å²) in [5.74, 6) is 0. The number of alkyl halides is 3. The lowest BCUT2D eigenvalue weighted by atomic mass is 10.2. The molecule has 0 aliphatic rings. The Morgan fingerprint density at radius 2 is 2.05 bits per heavy atom. The van der Waals surface area contributed by atoms with Gasteiger partial charge in [-0.2, -0.15) is 13.2 Å². The van der Waals surface area contributed by atoms with E-state index in [2.05, 4.69) is 10.3 Å². The zero-order valence-corrected chi connectivity index (χ0v) is 10.4. The molecule has 0 aliphatic carbocycles. The number of nitrogens with zero attached hydrogens (tertiary/aromatic N) is 3. The summed E-state index contributed by atoms with van der Waals surface area (Å²) >= 11 is 5.81. The molecule has 0 spiro atoms. The highest BCUT2D eigenvalue weighted by molar-refractivity contribution is 6.32. The summed E-state index contributed by atoms with van der Waals surface area (Å²) in [5, 5.41) is 16.6. The van der Waals surface area contributed by atoms with Gasteiger partial charge in [0, 0.05) is 0 Å². The van der Waals surface area contributed by atoms with Crippen LogP contribution in [0.5, 0.6) is 0 Å². The smallest absolute Gasteiger partial charge is 0.387 e. The number of hydrogen-bond acceptors (Lipinski definition) is 3. The van der Waals surface area contributed by atoms with E-state index in [0.29, 0.717) is 5.69 Å². The van der Waals surface area contributed by atoms with Gasteiger partial charge in [-0.05, 0) is 25.1 Å². The minimum Gasteiger partial charge on any atom is -0.387 e. The molecule has 19 heavy (non-hydrogen) atoms.